The minimum atomic E-state index is -0.123. The minimum absolute atomic E-state index is 0.123. The third-order valence-corrected chi connectivity index (χ3v) is 5.46. The van der Waals surface area contributed by atoms with Gasteiger partial charge >= 0.3 is 0 Å². The summed E-state index contributed by atoms with van der Waals surface area (Å²) in [4.78, 5) is 22.3. The van der Waals surface area contributed by atoms with Crippen LogP contribution in [-0.2, 0) is 13.0 Å². The molecule has 5 heteroatoms. The number of imidazole rings is 1. The fraction of sp³-hybridized carbons (Fsp3) is 0.261. The van der Waals surface area contributed by atoms with Crippen molar-refractivity contribution in [3.05, 3.63) is 65.6 Å². The van der Waals surface area contributed by atoms with Gasteiger partial charge in [-0.15, -0.1) is 0 Å². The van der Waals surface area contributed by atoms with Crippen LogP contribution in [0.15, 0.2) is 48.5 Å². The van der Waals surface area contributed by atoms with E-state index in [0.717, 1.165) is 52.1 Å². The second-order valence-corrected chi connectivity index (χ2v) is 7.48. The third kappa shape index (κ3) is 2.93. The number of hydrogen-bond donors (Lipinski definition) is 1. The van der Waals surface area contributed by atoms with Gasteiger partial charge in [-0.2, -0.15) is 0 Å². The Kier molecular flexibility index (Phi) is 4.08. The van der Waals surface area contributed by atoms with Crippen molar-refractivity contribution in [3.63, 3.8) is 0 Å². The lowest BCUT2D eigenvalue weighted by Gasteiger charge is -2.09. The molecule has 5 nitrogen and oxygen atoms in total. The SMILES string of the molecule is Cc1cc(C(=O)Nc2ccc3c(c2)nc2n3CCCCC2)c2ccccc2n1. The highest BCUT2D eigenvalue weighted by Crippen LogP contribution is 2.25. The van der Waals surface area contributed by atoms with Crippen LogP contribution in [0.4, 0.5) is 5.69 Å². The van der Waals surface area contributed by atoms with Crippen LogP contribution < -0.4 is 5.32 Å². The predicted octanol–water partition coefficient (Wildman–Crippen LogP) is 4.87. The summed E-state index contributed by atoms with van der Waals surface area (Å²) < 4.78 is 2.33. The number of amides is 1. The molecule has 1 N–H and O–H groups in total. The third-order valence-electron chi connectivity index (χ3n) is 5.46. The number of para-hydroxylation sites is 1. The summed E-state index contributed by atoms with van der Waals surface area (Å²) in [6.45, 7) is 2.94. The van der Waals surface area contributed by atoms with E-state index in [4.69, 9.17) is 4.98 Å². The number of fused-ring (bicyclic) bond motifs is 4. The summed E-state index contributed by atoms with van der Waals surface area (Å²) in [5, 5.41) is 3.91. The molecule has 0 saturated heterocycles. The lowest BCUT2D eigenvalue weighted by molar-refractivity contribution is 0.102. The monoisotopic (exact) mass is 370 g/mol. The molecular weight excluding hydrogens is 348 g/mol. The van der Waals surface area contributed by atoms with Crippen LogP contribution in [0.25, 0.3) is 21.9 Å². The topological polar surface area (TPSA) is 59.8 Å². The molecule has 0 unspecified atom stereocenters. The molecule has 0 aliphatic carbocycles. The van der Waals surface area contributed by atoms with Crippen molar-refractivity contribution in [1.29, 1.82) is 0 Å². The number of nitrogens with one attached hydrogen (secondary N) is 1. The Bertz CT molecular complexity index is 1210. The number of aryl methyl sites for hydroxylation is 3. The molecule has 28 heavy (non-hydrogen) atoms. The number of pyridine rings is 1. The summed E-state index contributed by atoms with van der Waals surface area (Å²) in [5.74, 6) is 1.04. The normalized spacial score (nSPS) is 14.0. The van der Waals surface area contributed by atoms with Crippen LogP contribution in [-0.4, -0.2) is 20.4 Å². The van der Waals surface area contributed by atoms with Crippen molar-refractivity contribution >= 4 is 33.5 Å². The van der Waals surface area contributed by atoms with E-state index in [9.17, 15) is 4.79 Å². The van der Waals surface area contributed by atoms with Gasteiger partial charge in [0.05, 0.1) is 22.1 Å². The second kappa shape index (κ2) is 6.75. The van der Waals surface area contributed by atoms with Gasteiger partial charge < -0.3 is 9.88 Å². The Morgan fingerprint density at radius 1 is 1.00 bits per heavy atom. The van der Waals surface area contributed by atoms with Gasteiger partial charge in [-0.3, -0.25) is 9.78 Å². The molecule has 2 aromatic heterocycles. The first-order valence-corrected chi connectivity index (χ1v) is 9.86. The van der Waals surface area contributed by atoms with Crippen LogP contribution in [0, 0.1) is 6.92 Å². The van der Waals surface area contributed by atoms with Crippen LogP contribution in [0.5, 0.6) is 0 Å². The van der Waals surface area contributed by atoms with E-state index >= 15 is 0 Å². The lowest BCUT2D eigenvalue weighted by Crippen LogP contribution is -2.13. The molecule has 5 rings (SSSR count). The lowest BCUT2D eigenvalue weighted by atomic mass is 10.1. The first-order valence-electron chi connectivity index (χ1n) is 9.86. The van der Waals surface area contributed by atoms with Crippen molar-refractivity contribution in [2.45, 2.75) is 39.2 Å². The van der Waals surface area contributed by atoms with Crippen LogP contribution in [0.1, 0.15) is 41.1 Å². The molecule has 3 heterocycles. The maximum Gasteiger partial charge on any atom is 0.256 e. The fourth-order valence-corrected chi connectivity index (χ4v) is 4.12. The molecule has 4 aromatic rings. The summed E-state index contributed by atoms with van der Waals surface area (Å²) in [6, 6.07) is 15.6. The fourth-order valence-electron chi connectivity index (χ4n) is 4.12. The first-order chi connectivity index (χ1) is 13.7. The maximum atomic E-state index is 13.0. The van der Waals surface area contributed by atoms with Crippen LogP contribution in [0.2, 0.25) is 0 Å². The van der Waals surface area contributed by atoms with Crippen LogP contribution >= 0.6 is 0 Å². The van der Waals surface area contributed by atoms with E-state index in [1.165, 1.54) is 19.3 Å². The molecule has 0 saturated carbocycles. The highest BCUT2D eigenvalue weighted by molar-refractivity contribution is 6.12. The molecule has 0 atom stereocenters. The molecule has 0 radical (unpaired) electrons. The number of rotatable bonds is 2. The zero-order chi connectivity index (χ0) is 19.1. The maximum absolute atomic E-state index is 13.0. The van der Waals surface area contributed by atoms with Crippen molar-refractivity contribution in [2.75, 3.05) is 5.32 Å². The zero-order valence-corrected chi connectivity index (χ0v) is 15.9. The van der Waals surface area contributed by atoms with Crippen LogP contribution in [0.3, 0.4) is 0 Å². The van der Waals surface area contributed by atoms with Gasteiger partial charge in [0.2, 0.25) is 0 Å². The molecule has 140 valence electrons. The number of nitrogens with zero attached hydrogens (tertiary/aromatic N) is 3. The average Bonchev–Trinajstić information content (AvgIpc) is 2.87. The van der Waals surface area contributed by atoms with Gasteiger partial charge in [-0.1, -0.05) is 24.6 Å². The first kappa shape index (κ1) is 16.9. The second-order valence-electron chi connectivity index (χ2n) is 7.48. The van der Waals surface area contributed by atoms with Gasteiger partial charge in [0.15, 0.2) is 0 Å². The van der Waals surface area contributed by atoms with Crippen molar-refractivity contribution < 1.29 is 4.79 Å². The summed E-state index contributed by atoms with van der Waals surface area (Å²) in [6.07, 6.45) is 4.68. The minimum Gasteiger partial charge on any atom is -0.328 e. The summed E-state index contributed by atoms with van der Waals surface area (Å²) in [7, 11) is 0. The Morgan fingerprint density at radius 3 is 2.82 bits per heavy atom. The van der Waals surface area contributed by atoms with E-state index < -0.39 is 0 Å². The van der Waals surface area contributed by atoms with E-state index in [-0.39, 0.29) is 5.91 Å². The smallest absolute Gasteiger partial charge is 0.256 e. The van der Waals surface area contributed by atoms with Gasteiger partial charge in [0.1, 0.15) is 5.82 Å². The number of carbonyl (C=O) groups is 1. The number of carbonyl (C=O) groups excluding carboxylic acids is 1. The summed E-state index contributed by atoms with van der Waals surface area (Å²) >= 11 is 0. The van der Waals surface area contributed by atoms with Gasteiger partial charge in [0, 0.05) is 29.7 Å². The molecule has 1 aliphatic rings. The Labute approximate surface area is 163 Å². The molecule has 1 amide bonds. The molecule has 0 spiro atoms. The Morgan fingerprint density at radius 2 is 1.89 bits per heavy atom. The molecule has 0 bridgehead atoms. The van der Waals surface area contributed by atoms with E-state index in [2.05, 4.69) is 20.9 Å². The number of aromatic nitrogens is 3. The number of anilines is 1. The van der Waals surface area contributed by atoms with E-state index in [1.807, 2.05) is 49.4 Å². The summed E-state index contributed by atoms with van der Waals surface area (Å²) in [5.41, 5.74) is 5.18. The van der Waals surface area contributed by atoms with E-state index in [0.29, 0.717) is 5.56 Å². The van der Waals surface area contributed by atoms with Crippen molar-refractivity contribution in [3.8, 4) is 0 Å². The Hall–Kier alpha value is -3.21. The van der Waals surface area contributed by atoms with Crippen molar-refractivity contribution in [2.24, 2.45) is 0 Å². The van der Waals surface area contributed by atoms with Crippen molar-refractivity contribution in [1.82, 2.24) is 14.5 Å². The number of hydrogen-bond acceptors (Lipinski definition) is 3. The van der Waals surface area contributed by atoms with Gasteiger partial charge in [-0.05, 0) is 50.1 Å². The standard InChI is InChI=1S/C23H22N4O/c1-15-13-18(17-7-4-5-8-19(17)24-15)23(28)25-16-10-11-21-20(14-16)26-22-9-3-2-6-12-27(21)22/h4-5,7-8,10-11,13-14H,2-3,6,9,12H2,1H3,(H,25,28). The quantitative estimate of drug-likeness (QED) is 0.547. The van der Waals surface area contributed by atoms with Gasteiger partial charge in [0.25, 0.3) is 5.91 Å². The predicted molar refractivity (Wildman–Crippen MR) is 112 cm³/mol. The Balaban J connectivity index is 1.49. The molecule has 2 aromatic carbocycles. The molecule has 0 fully saturated rings. The number of benzene rings is 2. The largest absolute Gasteiger partial charge is 0.328 e. The molecule has 1 aliphatic heterocycles. The molecular formula is C23H22N4O. The van der Waals surface area contributed by atoms with Gasteiger partial charge in [-0.25, -0.2) is 4.98 Å². The van der Waals surface area contributed by atoms with E-state index in [1.54, 1.807) is 0 Å². The average molecular weight is 370 g/mol. The highest BCUT2D eigenvalue weighted by Gasteiger charge is 2.16. The highest BCUT2D eigenvalue weighted by atomic mass is 16.1. The zero-order valence-electron chi connectivity index (χ0n) is 15.9.